The van der Waals surface area contributed by atoms with Gasteiger partial charge >= 0.3 is 0 Å². The molecule has 2 aliphatic heterocycles. The lowest BCUT2D eigenvalue weighted by Gasteiger charge is -2.35. The molecule has 0 radical (unpaired) electrons. The minimum absolute atomic E-state index is 0. The van der Waals surface area contributed by atoms with Crippen molar-refractivity contribution in [2.75, 3.05) is 32.8 Å². The average Bonchev–Trinajstić information content (AvgIpc) is 2.67. The summed E-state index contributed by atoms with van der Waals surface area (Å²) in [6.45, 7) is 5.70. The van der Waals surface area contributed by atoms with Gasteiger partial charge in [-0.25, -0.2) is 0 Å². The number of carbonyl (C=O) groups excluding carboxylic acids is 2. The largest absolute Gasteiger partial charge is 0.378 e. The van der Waals surface area contributed by atoms with Gasteiger partial charge in [-0.2, -0.15) is 0 Å². The summed E-state index contributed by atoms with van der Waals surface area (Å²) in [6, 6.07) is 7.94. The van der Waals surface area contributed by atoms with Gasteiger partial charge < -0.3 is 20.3 Å². The second kappa shape index (κ2) is 9.90. The Morgan fingerprint density at radius 1 is 1.23 bits per heavy atom. The number of hydrogen-bond acceptors (Lipinski definition) is 4. The van der Waals surface area contributed by atoms with E-state index in [9.17, 15) is 9.59 Å². The van der Waals surface area contributed by atoms with Gasteiger partial charge in [0.1, 0.15) is 6.04 Å². The molecule has 2 aliphatic rings. The van der Waals surface area contributed by atoms with Crippen molar-refractivity contribution in [3.8, 4) is 0 Å². The molecule has 1 aromatic carbocycles. The average molecular weight is 382 g/mol. The van der Waals surface area contributed by atoms with E-state index in [1.807, 2.05) is 24.0 Å². The van der Waals surface area contributed by atoms with Crippen LogP contribution < -0.4 is 10.6 Å². The molecule has 0 saturated carbocycles. The van der Waals surface area contributed by atoms with E-state index >= 15 is 0 Å². The lowest BCUT2D eigenvalue weighted by Crippen LogP contribution is -2.54. The highest BCUT2D eigenvalue weighted by Gasteiger charge is 2.31. The molecule has 7 heteroatoms. The Bertz CT molecular complexity index is 595. The second-order valence-electron chi connectivity index (χ2n) is 6.88. The van der Waals surface area contributed by atoms with E-state index < -0.39 is 0 Å². The number of benzene rings is 1. The fourth-order valence-electron chi connectivity index (χ4n) is 3.35. The smallest absolute Gasteiger partial charge is 0.242 e. The van der Waals surface area contributed by atoms with Crippen molar-refractivity contribution >= 4 is 24.2 Å². The summed E-state index contributed by atoms with van der Waals surface area (Å²) in [5, 5.41) is 6.22. The maximum absolute atomic E-state index is 12.5. The Morgan fingerprint density at radius 3 is 2.54 bits per heavy atom. The zero-order chi connectivity index (χ0) is 17.6. The van der Waals surface area contributed by atoms with Crippen molar-refractivity contribution in [2.45, 2.75) is 32.4 Å². The van der Waals surface area contributed by atoms with Gasteiger partial charge in [0.25, 0.3) is 0 Å². The van der Waals surface area contributed by atoms with Crippen LogP contribution in [0.1, 0.15) is 24.0 Å². The number of rotatable bonds is 4. The van der Waals surface area contributed by atoms with Crippen LogP contribution in [0.4, 0.5) is 0 Å². The normalized spacial score (nSPS) is 21.0. The van der Waals surface area contributed by atoms with Crippen LogP contribution in [-0.4, -0.2) is 55.6 Å². The highest BCUT2D eigenvalue weighted by Crippen LogP contribution is 2.18. The van der Waals surface area contributed by atoms with Gasteiger partial charge in [0, 0.05) is 32.1 Å². The molecular formula is C19H28ClN3O3. The Morgan fingerprint density at radius 2 is 1.92 bits per heavy atom. The molecule has 144 valence electrons. The third-order valence-electron chi connectivity index (χ3n) is 4.98. The first kappa shape index (κ1) is 20.7. The predicted octanol–water partition coefficient (Wildman–Crippen LogP) is 1.26. The minimum atomic E-state index is -0.235. The van der Waals surface area contributed by atoms with Crippen molar-refractivity contribution < 1.29 is 14.3 Å². The molecule has 1 atom stereocenters. The summed E-state index contributed by atoms with van der Waals surface area (Å²) in [4.78, 5) is 26.7. The van der Waals surface area contributed by atoms with E-state index in [1.54, 1.807) is 0 Å². The van der Waals surface area contributed by atoms with Crippen molar-refractivity contribution in [2.24, 2.45) is 5.92 Å². The van der Waals surface area contributed by atoms with Gasteiger partial charge in [0.15, 0.2) is 0 Å². The highest BCUT2D eigenvalue weighted by atomic mass is 35.5. The number of piperidine rings is 1. The molecular weight excluding hydrogens is 354 g/mol. The van der Waals surface area contributed by atoms with E-state index in [1.165, 1.54) is 5.56 Å². The van der Waals surface area contributed by atoms with Crippen LogP contribution in [0.15, 0.2) is 24.3 Å². The fourth-order valence-corrected chi connectivity index (χ4v) is 3.35. The molecule has 2 amide bonds. The van der Waals surface area contributed by atoms with Gasteiger partial charge in [0.05, 0.1) is 13.2 Å². The van der Waals surface area contributed by atoms with Crippen LogP contribution in [0.2, 0.25) is 0 Å². The number of ether oxygens (including phenoxy) is 1. The lowest BCUT2D eigenvalue weighted by atomic mass is 9.95. The topological polar surface area (TPSA) is 70.7 Å². The Labute approximate surface area is 161 Å². The molecule has 2 heterocycles. The standard InChI is InChI=1S/C19H27N3O3.ClH/c1-14-2-4-15(5-3-14)12-21-18(23)16-6-9-22(10-7-16)19(24)17-13-25-11-8-20-17;/h2-5,16-17,20H,6-13H2,1H3,(H,21,23);1H. The summed E-state index contributed by atoms with van der Waals surface area (Å²) in [5.41, 5.74) is 2.32. The molecule has 0 spiro atoms. The summed E-state index contributed by atoms with van der Waals surface area (Å²) >= 11 is 0. The van der Waals surface area contributed by atoms with Crippen molar-refractivity contribution in [3.05, 3.63) is 35.4 Å². The van der Waals surface area contributed by atoms with Gasteiger partial charge in [-0.05, 0) is 25.3 Å². The molecule has 6 nitrogen and oxygen atoms in total. The first-order valence-electron chi connectivity index (χ1n) is 9.06. The number of aryl methyl sites for hydroxylation is 1. The second-order valence-corrected chi connectivity index (χ2v) is 6.88. The zero-order valence-electron chi connectivity index (χ0n) is 15.2. The Kier molecular flexibility index (Phi) is 7.87. The van der Waals surface area contributed by atoms with Crippen LogP contribution >= 0.6 is 12.4 Å². The Balaban J connectivity index is 0.00000243. The lowest BCUT2D eigenvalue weighted by molar-refractivity contribution is -0.139. The molecule has 0 bridgehead atoms. The fraction of sp³-hybridized carbons (Fsp3) is 0.579. The quantitative estimate of drug-likeness (QED) is 0.823. The van der Waals surface area contributed by atoms with Crippen LogP contribution in [0.5, 0.6) is 0 Å². The van der Waals surface area contributed by atoms with Crippen molar-refractivity contribution in [3.63, 3.8) is 0 Å². The molecule has 26 heavy (non-hydrogen) atoms. The number of carbonyl (C=O) groups is 2. The maximum atomic E-state index is 12.5. The third-order valence-corrected chi connectivity index (χ3v) is 4.98. The summed E-state index contributed by atoms with van der Waals surface area (Å²) in [5.74, 6) is 0.176. The summed E-state index contributed by atoms with van der Waals surface area (Å²) < 4.78 is 5.36. The zero-order valence-corrected chi connectivity index (χ0v) is 16.0. The molecule has 2 fully saturated rings. The van der Waals surface area contributed by atoms with E-state index in [-0.39, 0.29) is 36.2 Å². The van der Waals surface area contributed by atoms with Crippen molar-refractivity contribution in [1.82, 2.24) is 15.5 Å². The number of halogens is 1. The Hall–Kier alpha value is -1.63. The number of nitrogens with zero attached hydrogens (tertiary/aromatic N) is 1. The first-order chi connectivity index (χ1) is 12.1. The van der Waals surface area contributed by atoms with Gasteiger partial charge in [-0.1, -0.05) is 29.8 Å². The van der Waals surface area contributed by atoms with Crippen LogP contribution in [0.3, 0.4) is 0 Å². The summed E-state index contributed by atoms with van der Waals surface area (Å²) in [6.07, 6.45) is 1.44. The van der Waals surface area contributed by atoms with Gasteiger partial charge in [-0.3, -0.25) is 9.59 Å². The number of morpholine rings is 1. The number of hydrogen-bond donors (Lipinski definition) is 2. The molecule has 1 unspecified atom stereocenters. The molecule has 1 aromatic rings. The van der Waals surface area contributed by atoms with E-state index in [0.29, 0.717) is 39.4 Å². The van der Waals surface area contributed by atoms with Gasteiger partial charge in [0.2, 0.25) is 11.8 Å². The SMILES string of the molecule is Cc1ccc(CNC(=O)C2CCN(C(=O)C3COCCN3)CC2)cc1.Cl. The monoisotopic (exact) mass is 381 g/mol. The predicted molar refractivity (Wildman–Crippen MR) is 102 cm³/mol. The minimum Gasteiger partial charge on any atom is -0.378 e. The number of amides is 2. The number of likely N-dealkylation sites (tertiary alicyclic amines) is 1. The van der Waals surface area contributed by atoms with E-state index in [2.05, 4.69) is 22.8 Å². The third kappa shape index (κ3) is 5.43. The molecule has 0 aromatic heterocycles. The van der Waals surface area contributed by atoms with Crippen LogP contribution in [-0.2, 0) is 20.9 Å². The highest BCUT2D eigenvalue weighted by molar-refractivity contribution is 5.85. The maximum Gasteiger partial charge on any atom is 0.242 e. The molecule has 0 aliphatic carbocycles. The molecule has 3 rings (SSSR count). The first-order valence-corrected chi connectivity index (χ1v) is 9.06. The summed E-state index contributed by atoms with van der Waals surface area (Å²) in [7, 11) is 0. The van der Waals surface area contributed by atoms with Crippen LogP contribution in [0.25, 0.3) is 0 Å². The molecule has 2 saturated heterocycles. The van der Waals surface area contributed by atoms with Gasteiger partial charge in [-0.15, -0.1) is 12.4 Å². The number of nitrogens with one attached hydrogen (secondary N) is 2. The van der Waals surface area contributed by atoms with E-state index in [4.69, 9.17) is 4.74 Å². The van der Waals surface area contributed by atoms with Crippen LogP contribution in [0, 0.1) is 12.8 Å². The van der Waals surface area contributed by atoms with Crippen molar-refractivity contribution in [1.29, 1.82) is 0 Å². The molecule has 2 N–H and O–H groups in total. The van der Waals surface area contributed by atoms with E-state index in [0.717, 1.165) is 18.4 Å².